The van der Waals surface area contributed by atoms with Gasteiger partial charge in [-0.3, -0.25) is 0 Å². The van der Waals surface area contributed by atoms with Gasteiger partial charge in [0.1, 0.15) is 5.75 Å². The van der Waals surface area contributed by atoms with Gasteiger partial charge in [-0.1, -0.05) is 18.6 Å². The van der Waals surface area contributed by atoms with Gasteiger partial charge in [-0.2, -0.15) is 0 Å². The van der Waals surface area contributed by atoms with Crippen LogP contribution in [-0.4, -0.2) is 13.2 Å². The van der Waals surface area contributed by atoms with E-state index in [1.165, 1.54) is 36.8 Å². The molecular formula is C15H21NO. The molecule has 1 aliphatic heterocycles. The molecule has 1 saturated carbocycles. The van der Waals surface area contributed by atoms with Crippen molar-refractivity contribution in [2.45, 2.75) is 38.5 Å². The Morgan fingerprint density at radius 1 is 1.24 bits per heavy atom. The maximum atomic E-state index is 5.93. The molecule has 0 atom stereocenters. The summed E-state index contributed by atoms with van der Waals surface area (Å²) in [7, 11) is 0. The van der Waals surface area contributed by atoms with E-state index in [0.717, 1.165) is 31.7 Å². The summed E-state index contributed by atoms with van der Waals surface area (Å²) < 4.78 is 5.65. The summed E-state index contributed by atoms with van der Waals surface area (Å²) in [6.45, 7) is 1.71. The van der Waals surface area contributed by atoms with Crippen molar-refractivity contribution in [1.82, 2.24) is 0 Å². The molecule has 0 aromatic heterocycles. The van der Waals surface area contributed by atoms with E-state index in [-0.39, 0.29) is 0 Å². The molecule has 0 bridgehead atoms. The van der Waals surface area contributed by atoms with Crippen LogP contribution in [0.15, 0.2) is 18.2 Å². The zero-order chi connectivity index (χ0) is 11.7. The number of nitrogens with two attached hydrogens (primary N) is 1. The van der Waals surface area contributed by atoms with Crippen molar-refractivity contribution in [3.05, 3.63) is 29.3 Å². The zero-order valence-corrected chi connectivity index (χ0v) is 10.4. The Bertz CT molecular complexity index is 404. The molecule has 2 nitrogen and oxygen atoms in total. The largest absolute Gasteiger partial charge is 0.493 e. The topological polar surface area (TPSA) is 35.2 Å². The molecule has 92 valence electrons. The van der Waals surface area contributed by atoms with Crippen LogP contribution < -0.4 is 10.5 Å². The molecule has 0 radical (unpaired) electrons. The number of hydrogen-bond donors (Lipinski definition) is 1. The molecule has 0 unspecified atom stereocenters. The predicted molar refractivity (Wildman–Crippen MR) is 69.3 cm³/mol. The molecule has 1 aromatic carbocycles. The van der Waals surface area contributed by atoms with Crippen LogP contribution in [0.2, 0.25) is 0 Å². The summed E-state index contributed by atoms with van der Waals surface area (Å²) in [4.78, 5) is 0. The number of rotatable bonds is 3. The Morgan fingerprint density at radius 2 is 2.12 bits per heavy atom. The van der Waals surface area contributed by atoms with Crippen molar-refractivity contribution in [3.8, 4) is 5.75 Å². The smallest absolute Gasteiger partial charge is 0.122 e. The second kappa shape index (κ2) is 4.34. The molecule has 1 aliphatic carbocycles. The average molecular weight is 231 g/mol. The number of hydrogen-bond acceptors (Lipinski definition) is 2. The molecule has 0 saturated heterocycles. The zero-order valence-electron chi connectivity index (χ0n) is 10.4. The predicted octanol–water partition coefficient (Wildman–Crippen LogP) is 2.68. The summed E-state index contributed by atoms with van der Waals surface area (Å²) in [5, 5.41) is 0. The van der Waals surface area contributed by atoms with Gasteiger partial charge in [-0.25, -0.2) is 0 Å². The van der Waals surface area contributed by atoms with Crippen molar-refractivity contribution >= 4 is 0 Å². The Hall–Kier alpha value is -1.02. The first-order valence-corrected chi connectivity index (χ1v) is 6.76. The fraction of sp³-hybridized carbons (Fsp3) is 0.600. The quantitative estimate of drug-likeness (QED) is 0.868. The average Bonchev–Trinajstić information content (AvgIpc) is 2.34. The third-order valence-electron chi connectivity index (χ3n) is 4.40. The van der Waals surface area contributed by atoms with Crippen molar-refractivity contribution in [1.29, 1.82) is 0 Å². The number of benzene rings is 1. The van der Waals surface area contributed by atoms with Crippen LogP contribution in [-0.2, 0) is 12.8 Å². The Morgan fingerprint density at radius 3 is 2.82 bits per heavy atom. The summed E-state index contributed by atoms with van der Waals surface area (Å²) in [6, 6.07) is 6.71. The monoisotopic (exact) mass is 231 g/mol. The SMILES string of the molecule is NCC1(Cc2ccc3c(c2)CCCO3)CCC1. The number of ether oxygens (including phenoxy) is 1. The minimum atomic E-state index is 0.407. The van der Waals surface area contributed by atoms with Crippen LogP contribution >= 0.6 is 0 Å². The molecule has 1 fully saturated rings. The van der Waals surface area contributed by atoms with Crippen LogP contribution in [0.1, 0.15) is 36.8 Å². The highest BCUT2D eigenvalue weighted by Crippen LogP contribution is 2.43. The van der Waals surface area contributed by atoms with Gasteiger partial charge in [-0.15, -0.1) is 0 Å². The van der Waals surface area contributed by atoms with E-state index >= 15 is 0 Å². The first kappa shape index (κ1) is 11.1. The lowest BCUT2D eigenvalue weighted by Gasteiger charge is -2.41. The van der Waals surface area contributed by atoms with Gasteiger partial charge in [0.15, 0.2) is 0 Å². The highest BCUT2D eigenvalue weighted by Gasteiger charge is 2.35. The van der Waals surface area contributed by atoms with Crippen molar-refractivity contribution in [2.75, 3.05) is 13.2 Å². The normalized spacial score (nSPS) is 21.2. The van der Waals surface area contributed by atoms with Gasteiger partial charge < -0.3 is 10.5 Å². The molecule has 2 aliphatic rings. The third kappa shape index (κ3) is 2.06. The maximum absolute atomic E-state index is 5.93. The van der Waals surface area contributed by atoms with Crippen molar-refractivity contribution in [2.24, 2.45) is 11.1 Å². The van der Waals surface area contributed by atoms with Crippen LogP contribution in [0, 0.1) is 5.41 Å². The van der Waals surface area contributed by atoms with Gasteiger partial charge in [0, 0.05) is 0 Å². The lowest BCUT2D eigenvalue weighted by atomic mass is 9.65. The van der Waals surface area contributed by atoms with E-state index < -0.39 is 0 Å². The van der Waals surface area contributed by atoms with Gasteiger partial charge >= 0.3 is 0 Å². The van der Waals surface area contributed by atoms with Crippen molar-refractivity contribution in [3.63, 3.8) is 0 Å². The van der Waals surface area contributed by atoms with Crippen LogP contribution in [0.3, 0.4) is 0 Å². The number of fused-ring (bicyclic) bond motifs is 1. The number of aryl methyl sites for hydroxylation is 1. The Kier molecular flexibility index (Phi) is 2.83. The highest BCUT2D eigenvalue weighted by molar-refractivity contribution is 5.39. The Labute approximate surface area is 103 Å². The van der Waals surface area contributed by atoms with E-state index in [1.54, 1.807) is 0 Å². The lowest BCUT2D eigenvalue weighted by molar-refractivity contribution is 0.144. The van der Waals surface area contributed by atoms with Crippen LogP contribution in [0.4, 0.5) is 0 Å². The minimum absolute atomic E-state index is 0.407. The molecule has 2 heteroatoms. The molecule has 0 spiro atoms. The fourth-order valence-corrected chi connectivity index (χ4v) is 3.09. The summed E-state index contributed by atoms with van der Waals surface area (Å²) in [5.41, 5.74) is 9.17. The second-order valence-corrected chi connectivity index (χ2v) is 5.63. The second-order valence-electron chi connectivity index (χ2n) is 5.63. The molecule has 1 aromatic rings. The lowest BCUT2D eigenvalue weighted by Crippen LogP contribution is -2.39. The standard InChI is InChI=1S/C15H21NO/c16-11-15(6-2-7-15)10-12-4-5-14-13(9-12)3-1-8-17-14/h4-5,9H,1-3,6-8,10-11,16H2. The fourth-order valence-electron chi connectivity index (χ4n) is 3.09. The van der Waals surface area contributed by atoms with Gasteiger partial charge in [0.25, 0.3) is 0 Å². The van der Waals surface area contributed by atoms with Gasteiger partial charge in [0.2, 0.25) is 0 Å². The van der Waals surface area contributed by atoms with E-state index in [0.29, 0.717) is 5.41 Å². The first-order chi connectivity index (χ1) is 8.31. The molecule has 3 rings (SSSR count). The van der Waals surface area contributed by atoms with Crippen LogP contribution in [0.25, 0.3) is 0 Å². The Balaban J connectivity index is 1.79. The van der Waals surface area contributed by atoms with E-state index in [9.17, 15) is 0 Å². The maximum Gasteiger partial charge on any atom is 0.122 e. The minimum Gasteiger partial charge on any atom is -0.493 e. The molecule has 2 N–H and O–H groups in total. The molecule has 1 heterocycles. The van der Waals surface area contributed by atoms with Crippen LogP contribution in [0.5, 0.6) is 5.75 Å². The van der Waals surface area contributed by atoms with Gasteiger partial charge in [0.05, 0.1) is 6.61 Å². The molecular weight excluding hydrogens is 210 g/mol. The molecule has 0 amide bonds. The molecule has 17 heavy (non-hydrogen) atoms. The van der Waals surface area contributed by atoms with E-state index in [1.807, 2.05) is 0 Å². The van der Waals surface area contributed by atoms with E-state index in [4.69, 9.17) is 10.5 Å². The van der Waals surface area contributed by atoms with Gasteiger partial charge in [-0.05, 0) is 61.3 Å². The summed E-state index contributed by atoms with van der Waals surface area (Å²) >= 11 is 0. The van der Waals surface area contributed by atoms with E-state index in [2.05, 4.69) is 18.2 Å². The first-order valence-electron chi connectivity index (χ1n) is 6.76. The summed E-state index contributed by atoms with van der Waals surface area (Å²) in [6.07, 6.45) is 7.42. The third-order valence-corrected chi connectivity index (χ3v) is 4.40. The van der Waals surface area contributed by atoms with Crippen molar-refractivity contribution < 1.29 is 4.74 Å². The highest BCUT2D eigenvalue weighted by atomic mass is 16.5. The summed E-state index contributed by atoms with van der Waals surface area (Å²) in [5.74, 6) is 1.09.